The number of H-pyrrole nitrogens is 1. The number of nitrogens with one attached hydrogen (secondary N) is 2. The Morgan fingerprint density at radius 2 is 2.18 bits per heavy atom. The minimum absolute atomic E-state index is 0.753. The van der Waals surface area contributed by atoms with Crippen LogP contribution in [-0.2, 0) is 4.74 Å². The van der Waals surface area contributed by atoms with Gasteiger partial charge in [0, 0.05) is 31.0 Å². The minimum Gasteiger partial charge on any atom is -0.385 e. The Kier molecular flexibility index (Phi) is 5.06. The van der Waals surface area contributed by atoms with Crippen LogP contribution in [0.25, 0.3) is 11.4 Å². The molecule has 0 saturated carbocycles. The molecule has 22 heavy (non-hydrogen) atoms. The lowest BCUT2D eigenvalue weighted by atomic mass is 9.95. The number of benzene rings is 1. The average molecular weight is 300 g/mol. The monoisotopic (exact) mass is 300 g/mol. The molecule has 1 aliphatic rings. The van der Waals surface area contributed by atoms with Crippen LogP contribution in [0.3, 0.4) is 0 Å². The van der Waals surface area contributed by atoms with Crippen LogP contribution in [0, 0.1) is 12.8 Å². The summed E-state index contributed by atoms with van der Waals surface area (Å²) in [7, 11) is 0. The zero-order chi connectivity index (χ0) is 15.2. The molecule has 0 aliphatic carbocycles. The zero-order valence-electron chi connectivity index (χ0n) is 13.1. The van der Waals surface area contributed by atoms with Gasteiger partial charge in [0.15, 0.2) is 5.82 Å². The number of ether oxygens (including phenoxy) is 1. The highest BCUT2D eigenvalue weighted by atomic mass is 16.5. The molecular formula is C17H24N4O. The molecule has 0 bridgehead atoms. The molecular weight excluding hydrogens is 276 g/mol. The van der Waals surface area contributed by atoms with Gasteiger partial charge >= 0.3 is 0 Å². The van der Waals surface area contributed by atoms with Gasteiger partial charge in [0.25, 0.3) is 0 Å². The molecule has 2 aromatic rings. The second kappa shape index (κ2) is 7.40. The number of aromatic amines is 1. The molecule has 1 aromatic heterocycles. The Morgan fingerprint density at radius 1 is 1.32 bits per heavy atom. The lowest BCUT2D eigenvalue weighted by molar-refractivity contribution is 0.0636. The summed E-state index contributed by atoms with van der Waals surface area (Å²) in [5.74, 6) is 2.44. The van der Waals surface area contributed by atoms with Crippen LogP contribution in [0.15, 0.2) is 24.3 Å². The Labute approximate surface area is 131 Å². The number of anilines is 1. The molecule has 2 heterocycles. The SMILES string of the molecule is Cc1nc(-c2cccc(NCCCC3CCOCC3)c2)n[nH]1. The Hall–Kier alpha value is -1.88. The van der Waals surface area contributed by atoms with Crippen molar-refractivity contribution in [2.24, 2.45) is 5.92 Å². The number of hydrogen-bond donors (Lipinski definition) is 2. The number of aryl methyl sites for hydroxylation is 1. The van der Waals surface area contributed by atoms with E-state index in [9.17, 15) is 0 Å². The van der Waals surface area contributed by atoms with Crippen LogP contribution >= 0.6 is 0 Å². The van der Waals surface area contributed by atoms with Gasteiger partial charge in [0.1, 0.15) is 5.82 Å². The fourth-order valence-corrected chi connectivity index (χ4v) is 2.90. The first-order valence-corrected chi connectivity index (χ1v) is 8.12. The lowest BCUT2D eigenvalue weighted by Crippen LogP contribution is -2.16. The summed E-state index contributed by atoms with van der Waals surface area (Å²) < 4.78 is 5.40. The fourth-order valence-electron chi connectivity index (χ4n) is 2.90. The van der Waals surface area contributed by atoms with Gasteiger partial charge in [0.05, 0.1) is 0 Å². The largest absolute Gasteiger partial charge is 0.385 e. The molecule has 1 aromatic carbocycles. The van der Waals surface area contributed by atoms with E-state index >= 15 is 0 Å². The van der Waals surface area contributed by atoms with Gasteiger partial charge in [0.2, 0.25) is 0 Å². The van der Waals surface area contributed by atoms with Crippen molar-refractivity contribution in [1.82, 2.24) is 15.2 Å². The average Bonchev–Trinajstić information content (AvgIpc) is 3.00. The molecule has 118 valence electrons. The van der Waals surface area contributed by atoms with Gasteiger partial charge in [-0.05, 0) is 50.7 Å². The molecule has 2 N–H and O–H groups in total. The Morgan fingerprint density at radius 3 is 2.95 bits per heavy atom. The quantitative estimate of drug-likeness (QED) is 0.803. The molecule has 3 rings (SSSR count). The Bertz CT molecular complexity index is 590. The molecule has 0 amide bonds. The third kappa shape index (κ3) is 4.07. The van der Waals surface area contributed by atoms with Gasteiger partial charge in [-0.1, -0.05) is 12.1 Å². The second-order valence-electron chi connectivity index (χ2n) is 5.95. The number of hydrogen-bond acceptors (Lipinski definition) is 4. The highest BCUT2D eigenvalue weighted by Crippen LogP contribution is 2.21. The van der Waals surface area contributed by atoms with Crippen LogP contribution in [0.5, 0.6) is 0 Å². The van der Waals surface area contributed by atoms with Crippen LogP contribution < -0.4 is 5.32 Å². The minimum atomic E-state index is 0.753. The number of nitrogens with zero attached hydrogens (tertiary/aromatic N) is 2. The topological polar surface area (TPSA) is 62.8 Å². The summed E-state index contributed by atoms with van der Waals surface area (Å²) in [6.07, 6.45) is 4.93. The van der Waals surface area contributed by atoms with Gasteiger partial charge in [-0.2, -0.15) is 5.10 Å². The van der Waals surface area contributed by atoms with Crippen molar-refractivity contribution in [2.45, 2.75) is 32.6 Å². The van der Waals surface area contributed by atoms with Gasteiger partial charge in [-0.25, -0.2) is 4.98 Å². The van der Waals surface area contributed by atoms with E-state index in [1.54, 1.807) is 0 Å². The third-order valence-electron chi connectivity index (χ3n) is 4.18. The predicted octanol–water partition coefficient (Wildman–Crippen LogP) is 3.40. The van der Waals surface area contributed by atoms with Crippen molar-refractivity contribution in [3.8, 4) is 11.4 Å². The van der Waals surface area contributed by atoms with Crippen molar-refractivity contribution in [3.63, 3.8) is 0 Å². The first-order chi connectivity index (χ1) is 10.8. The lowest BCUT2D eigenvalue weighted by Gasteiger charge is -2.21. The fraction of sp³-hybridized carbons (Fsp3) is 0.529. The Balaban J connectivity index is 1.48. The summed E-state index contributed by atoms with van der Waals surface area (Å²) >= 11 is 0. The van der Waals surface area contributed by atoms with Crippen LogP contribution in [-0.4, -0.2) is 34.9 Å². The van der Waals surface area contributed by atoms with E-state index in [1.807, 2.05) is 19.1 Å². The van der Waals surface area contributed by atoms with Crippen molar-refractivity contribution >= 4 is 5.69 Å². The number of rotatable bonds is 6. The second-order valence-corrected chi connectivity index (χ2v) is 5.95. The highest BCUT2D eigenvalue weighted by Gasteiger charge is 2.12. The van der Waals surface area contributed by atoms with Gasteiger partial charge in [-0.15, -0.1) is 0 Å². The molecule has 1 fully saturated rings. The maximum Gasteiger partial charge on any atom is 0.181 e. The van der Waals surface area contributed by atoms with Crippen molar-refractivity contribution < 1.29 is 4.74 Å². The molecule has 5 nitrogen and oxygen atoms in total. The van der Waals surface area contributed by atoms with E-state index in [-0.39, 0.29) is 0 Å². The molecule has 1 aliphatic heterocycles. The molecule has 0 atom stereocenters. The van der Waals surface area contributed by atoms with E-state index in [4.69, 9.17) is 4.74 Å². The van der Waals surface area contributed by atoms with Crippen molar-refractivity contribution in [2.75, 3.05) is 25.1 Å². The maximum absolute atomic E-state index is 5.40. The van der Waals surface area contributed by atoms with E-state index in [1.165, 1.54) is 25.7 Å². The van der Waals surface area contributed by atoms with E-state index in [2.05, 4.69) is 32.6 Å². The maximum atomic E-state index is 5.40. The molecule has 0 spiro atoms. The third-order valence-corrected chi connectivity index (χ3v) is 4.18. The van der Waals surface area contributed by atoms with Gasteiger partial charge in [-0.3, -0.25) is 5.10 Å². The van der Waals surface area contributed by atoms with Crippen LogP contribution in [0.1, 0.15) is 31.5 Å². The van der Waals surface area contributed by atoms with Crippen LogP contribution in [0.2, 0.25) is 0 Å². The standard InChI is InChI=1S/C17H24N4O/c1-13-19-17(21-20-13)15-5-2-6-16(12-15)18-9-3-4-14-7-10-22-11-8-14/h2,5-6,12,14,18H,3-4,7-11H2,1H3,(H,19,20,21). The molecule has 0 radical (unpaired) electrons. The van der Waals surface area contributed by atoms with Crippen molar-refractivity contribution in [1.29, 1.82) is 0 Å². The van der Waals surface area contributed by atoms with E-state index in [0.717, 1.165) is 48.6 Å². The van der Waals surface area contributed by atoms with Gasteiger partial charge < -0.3 is 10.1 Å². The summed E-state index contributed by atoms with van der Waals surface area (Å²) in [6.45, 7) is 4.80. The van der Waals surface area contributed by atoms with Crippen LogP contribution in [0.4, 0.5) is 5.69 Å². The predicted molar refractivity (Wildman–Crippen MR) is 87.8 cm³/mol. The molecule has 1 saturated heterocycles. The first-order valence-electron chi connectivity index (χ1n) is 8.12. The zero-order valence-corrected chi connectivity index (χ0v) is 13.1. The summed E-state index contributed by atoms with van der Waals surface area (Å²) in [5, 5.41) is 10.6. The van der Waals surface area contributed by atoms with Crippen molar-refractivity contribution in [3.05, 3.63) is 30.1 Å². The van der Waals surface area contributed by atoms with E-state index in [0.29, 0.717) is 0 Å². The normalized spacial score (nSPS) is 15.9. The number of aromatic nitrogens is 3. The first kappa shape index (κ1) is 15.0. The summed E-state index contributed by atoms with van der Waals surface area (Å²) in [4.78, 5) is 4.37. The summed E-state index contributed by atoms with van der Waals surface area (Å²) in [6, 6.07) is 8.28. The molecule has 0 unspecified atom stereocenters. The highest BCUT2D eigenvalue weighted by molar-refractivity contribution is 5.62. The summed E-state index contributed by atoms with van der Waals surface area (Å²) in [5.41, 5.74) is 2.17. The van der Waals surface area contributed by atoms with E-state index < -0.39 is 0 Å². The smallest absolute Gasteiger partial charge is 0.181 e. The molecule has 5 heteroatoms.